The van der Waals surface area contributed by atoms with Gasteiger partial charge >= 0.3 is 0 Å². The van der Waals surface area contributed by atoms with Crippen molar-refractivity contribution in [3.05, 3.63) is 97.9 Å². The van der Waals surface area contributed by atoms with E-state index in [0.29, 0.717) is 29.3 Å². The molecule has 3 aromatic rings. The van der Waals surface area contributed by atoms with Gasteiger partial charge in [-0.3, -0.25) is 4.79 Å². The van der Waals surface area contributed by atoms with Crippen LogP contribution in [0.15, 0.2) is 71.6 Å². The lowest BCUT2D eigenvalue weighted by molar-refractivity contribution is -0.129. The average Bonchev–Trinajstić information content (AvgIpc) is 3.27. The maximum atomic E-state index is 13.8. The van der Waals surface area contributed by atoms with Gasteiger partial charge in [0.2, 0.25) is 15.9 Å². The lowest BCUT2D eigenvalue weighted by Gasteiger charge is -2.35. The lowest BCUT2D eigenvalue weighted by atomic mass is 9.86. The van der Waals surface area contributed by atoms with Gasteiger partial charge in [0, 0.05) is 38.6 Å². The van der Waals surface area contributed by atoms with E-state index in [-0.39, 0.29) is 39.4 Å². The summed E-state index contributed by atoms with van der Waals surface area (Å²) in [6.07, 6.45) is 1.58. The quantitative estimate of drug-likeness (QED) is 0.288. The van der Waals surface area contributed by atoms with Crippen molar-refractivity contribution in [2.75, 3.05) is 6.54 Å². The smallest absolute Gasteiger partial charge is 0.244 e. The molecule has 1 N–H and O–H groups in total. The van der Waals surface area contributed by atoms with E-state index in [1.165, 1.54) is 22.5 Å². The van der Waals surface area contributed by atoms with Crippen LogP contribution in [0, 0.1) is 0 Å². The van der Waals surface area contributed by atoms with Gasteiger partial charge in [0.15, 0.2) is 0 Å². The molecule has 0 radical (unpaired) electrons. The average molecular weight is 614 g/mol. The van der Waals surface area contributed by atoms with Crippen molar-refractivity contribution in [3.63, 3.8) is 0 Å². The van der Waals surface area contributed by atoms with Gasteiger partial charge < -0.3 is 5.32 Å². The standard InChI is InChI=1S/C28H28Cl4N2O3S/c1-18(26(20-6-10-22(30)11-7-20)14-19-4-8-21(29)9-5-19)33-27(35)28(2)12-3-13-34(28)38(36,37)25-16-23(31)15-24(32)17-25/h4-11,15-18,26H,3,12-14H2,1-2H3,(H,33,35). The molecular formula is C28H28Cl4N2O3S. The van der Waals surface area contributed by atoms with Gasteiger partial charge in [-0.15, -0.1) is 0 Å². The molecule has 5 nitrogen and oxygen atoms in total. The molecule has 1 fully saturated rings. The molecule has 1 aliphatic rings. The highest BCUT2D eigenvalue weighted by Crippen LogP contribution is 2.37. The normalized spacial score (nSPS) is 19.7. The number of carbonyl (C=O) groups is 1. The van der Waals surface area contributed by atoms with E-state index in [9.17, 15) is 13.2 Å². The Morgan fingerprint density at radius 2 is 1.47 bits per heavy atom. The highest BCUT2D eigenvalue weighted by Gasteiger charge is 2.50. The van der Waals surface area contributed by atoms with Crippen molar-refractivity contribution < 1.29 is 13.2 Å². The first-order valence-corrected chi connectivity index (χ1v) is 15.2. The molecule has 3 aromatic carbocycles. The number of carbonyl (C=O) groups excluding carboxylic acids is 1. The SMILES string of the molecule is CC(NC(=O)C1(C)CCCN1S(=O)(=O)c1cc(Cl)cc(Cl)c1)C(Cc1ccc(Cl)cc1)c1ccc(Cl)cc1. The number of nitrogens with zero attached hydrogens (tertiary/aromatic N) is 1. The molecule has 1 saturated heterocycles. The number of rotatable bonds is 8. The van der Waals surface area contributed by atoms with Gasteiger partial charge in [-0.1, -0.05) is 70.7 Å². The van der Waals surface area contributed by atoms with E-state index in [1.54, 1.807) is 6.92 Å². The van der Waals surface area contributed by atoms with E-state index in [1.807, 2.05) is 55.5 Å². The molecule has 4 rings (SSSR count). The third-order valence-corrected chi connectivity index (χ3v) is 10.1. The van der Waals surface area contributed by atoms with Crippen LogP contribution in [0.4, 0.5) is 0 Å². The Hall–Kier alpha value is -1.80. The zero-order valence-corrected chi connectivity index (χ0v) is 24.8. The Morgan fingerprint density at radius 3 is 2.05 bits per heavy atom. The first-order chi connectivity index (χ1) is 17.9. The molecule has 0 aromatic heterocycles. The fourth-order valence-electron chi connectivity index (χ4n) is 4.99. The maximum Gasteiger partial charge on any atom is 0.244 e. The summed E-state index contributed by atoms with van der Waals surface area (Å²) in [5.74, 6) is -0.451. The molecule has 3 unspecified atom stereocenters. The zero-order chi connectivity index (χ0) is 27.7. The molecule has 1 aliphatic heterocycles. The summed E-state index contributed by atoms with van der Waals surface area (Å²) in [5, 5.41) is 4.82. The van der Waals surface area contributed by atoms with E-state index < -0.39 is 15.6 Å². The van der Waals surface area contributed by atoms with Crippen molar-refractivity contribution in [3.8, 4) is 0 Å². The van der Waals surface area contributed by atoms with Crippen LogP contribution in [0.3, 0.4) is 0 Å². The van der Waals surface area contributed by atoms with Crippen LogP contribution in [-0.4, -0.2) is 36.8 Å². The van der Waals surface area contributed by atoms with Crippen molar-refractivity contribution in [2.24, 2.45) is 0 Å². The molecule has 0 spiro atoms. The summed E-state index contributed by atoms with van der Waals surface area (Å²) in [4.78, 5) is 13.7. The van der Waals surface area contributed by atoms with Gasteiger partial charge in [-0.25, -0.2) is 8.42 Å². The fourth-order valence-corrected chi connectivity index (χ4v) is 7.77. The minimum atomic E-state index is -4.03. The van der Waals surface area contributed by atoms with Crippen LogP contribution >= 0.6 is 46.4 Å². The molecule has 1 heterocycles. The Morgan fingerprint density at radius 1 is 0.921 bits per heavy atom. The van der Waals surface area contributed by atoms with Crippen molar-refractivity contribution in [1.82, 2.24) is 9.62 Å². The Labute approximate surface area is 244 Å². The monoisotopic (exact) mass is 612 g/mol. The molecule has 38 heavy (non-hydrogen) atoms. The largest absolute Gasteiger partial charge is 0.351 e. The molecular weight excluding hydrogens is 586 g/mol. The summed E-state index contributed by atoms with van der Waals surface area (Å²) in [6, 6.07) is 19.0. The number of benzene rings is 3. The van der Waals surface area contributed by atoms with Crippen LogP contribution in [0.2, 0.25) is 20.1 Å². The van der Waals surface area contributed by atoms with Crippen LogP contribution in [0.5, 0.6) is 0 Å². The summed E-state index contributed by atoms with van der Waals surface area (Å²) >= 11 is 24.4. The summed E-state index contributed by atoms with van der Waals surface area (Å²) < 4.78 is 28.5. The van der Waals surface area contributed by atoms with Gasteiger partial charge in [0.05, 0.1) is 4.90 Å². The highest BCUT2D eigenvalue weighted by molar-refractivity contribution is 7.89. The number of nitrogens with one attached hydrogen (secondary N) is 1. The van der Waals surface area contributed by atoms with E-state index in [0.717, 1.165) is 11.1 Å². The van der Waals surface area contributed by atoms with E-state index >= 15 is 0 Å². The molecule has 0 aliphatic carbocycles. The Bertz CT molecular complexity index is 1390. The minimum absolute atomic E-state index is 0.0363. The molecule has 0 bridgehead atoms. The predicted molar refractivity (Wildman–Crippen MR) is 155 cm³/mol. The fraction of sp³-hybridized carbons (Fsp3) is 0.321. The summed E-state index contributed by atoms with van der Waals surface area (Å²) in [7, 11) is -4.03. The second-order valence-electron chi connectivity index (χ2n) is 9.81. The van der Waals surface area contributed by atoms with Crippen LogP contribution in [-0.2, 0) is 21.2 Å². The van der Waals surface area contributed by atoms with Crippen LogP contribution in [0.25, 0.3) is 0 Å². The van der Waals surface area contributed by atoms with E-state index in [2.05, 4.69) is 5.32 Å². The van der Waals surface area contributed by atoms with Crippen LogP contribution < -0.4 is 5.32 Å². The van der Waals surface area contributed by atoms with E-state index in [4.69, 9.17) is 46.4 Å². The first kappa shape index (κ1) is 29.2. The molecule has 10 heteroatoms. The van der Waals surface area contributed by atoms with Gasteiger partial charge in [-0.2, -0.15) is 4.31 Å². The maximum absolute atomic E-state index is 13.8. The van der Waals surface area contributed by atoms with Crippen LogP contribution in [0.1, 0.15) is 43.7 Å². The molecule has 1 amide bonds. The predicted octanol–water partition coefficient (Wildman–Crippen LogP) is 7.37. The van der Waals surface area contributed by atoms with Gasteiger partial charge in [0.25, 0.3) is 0 Å². The second kappa shape index (κ2) is 11.7. The third kappa shape index (κ3) is 6.33. The molecule has 0 saturated carbocycles. The summed E-state index contributed by atoms with van der Waals surface area (Å²) in [6.45, 7) is 3.82. The molecule has 202 valence electrons. The topological polar surface area (TPSA) is 66.5 Å². The van der Waals surface area contributed by atoms with Gasteiger partial charge in [0.1, 0.15) is 5.54 Å². The first-order valence-electron chi connectivity index (χ1n) is 12.2. The number of amides is 1. The zero-order valence-electron chi connectivity index (χ0n) is 20.9. The Balaban J connectivity index is 1.60. The minimum Gasteiger partial charge on any atom is -0.351 e. The number of halogens is 4. The van der Waals surface area contributed by atoms with Crippen molar-refractivity contribution >= 4 is 62.3 Å². The van der Waals surface area contributed by atoms with Crippen molar-refractivity contribution in [2.45, 2.75) is 55.5 Å². The van der Waals surface area contributed by atoms with Crippen molar-refractivity contribution in [1.29, 1.82) is 0 Å². The lowest BCUT2D eigenvalue weighted by Crippen LogP contribution is -2.57. The second-order valence-corrected chi connectivity index (χ2v) is 13.4. The number of hydrogen-bond acceptors (Lipinski definition) is 3. The Kier molecular flexibility index (Phi) is 9.02. The van der Waals surface area contributed by atoms with Gasteiger partial charge in [-0.05, 0) is 86.7 Å². The summed E-state index contributed by atoms with van der Waals surface area (Å²) in [5.41, 5.74) is 0.795. The number of hydrogen-bond donors (Lipinski definition) is 1. The highest BCUT2D eigenvalue weighted by atomic mass is 35.5. The third-order valence-electron chi connectivity index (χ3n) is 7.12. The molecule has 3 atom stereocenters. The number of sulfonamides is 1.